The van der Waals surface area contributed by atoms with E-state index in [4.69, 9.17) is 5.73 Å². The highest BCUT2D eigenvalue weighted by atomic mass is 14.9. The molecule has 1 aliphatic carbocycles. The number of hydrogen-bond acceptors (Lipinski definition) is 3. The van der Waals surface area contributed by atoms with Crippen LogP contribution in [0.2, 0.25) is 0 Å². The second kappa shape index (κ2) is 4.69. The summed E-state index contributed by atoms with van der Waals surface area (Å²) < 4.78 is 0. The monoisotopic (exact) mass is 239 g/mol. The normalized spacial score (nSPS) is 19.0. The van der Waals surface area contributed by atoms with Crippen molar-refractivity contribution in [2.45, 2.75) is 25.3 Å². The first-order valence-corrected chi connectivity index (χ1v) is 6.39. The predicted octanol–water partition coefficient (Wildman–Crippen LogP) is 3.34. The molecule has 2 aromatic rings. The van der Waals surface area contributed by atoms with Gasteiger partial charge >= 0.3 is 0 Å². The highest BCUT2D eigenvalue weighted by molar-refractivity contribution is 5.96. The zero-order valence-electron chi connectivity index (χ0n) is 10.3. The number of para-hydroxylation sites is 1. The summed E-state index contributed by atoms with van der Waals surface area (Å²) in [6.45, 7) is 0. The number of fused-ring (bicyclic) bond motifs is 1. The van der Waals surface area contributed by atoms with Gasteiger partial charge in [-0.3, -0.25) is 4.98 Å². The number of nitrogen functional groups attached to an aromatic ring is 1. The molecule has 0 radical (unpaired) electrons. The van der Waals surface area contributed by atoms with Gasteiger partial charge in [0, 0.05) is 11.4 Å². The Hall–Kier alpha value is -2.03. The minimum atomic E-state index is 0.475. The predicted molar refractivity (Wildman–Crippen MR) is 76.6 cm³/mol. The Morgan fingerprint density at radius 2 is 2.11 bits per heavy atom. The fourth-order valence-corrected chi connectivity index (χ4v) is 2.45. The van der Waals surface area contributed by atoms with Crippen molar-refractivity contribution in [2.24, 2.45) is 0 Å². The SMILES string of the molecule is Nc1cnc2ccccc2c1NC1CC=CCC1. The molecule has 1 aromatic carbocycles. The zero-order chi connectivity index (χ0) is 12.4. The summed E-state index contributed by atoms with van der Waals surface area (Å²) >= 11 is 0. The maximum Gasteiger partial charge on any atom is 0.0743 e. The Morgan fingerprint density at radius 1 is 1.22 bits per heavy atom. The average molecular weight is 239 g/mol. The molecule has 0 bridgehead atoms. The highest BCUT2D eigenvalue weighted by Gasteiger charge is 2.13. The molecule has 0 saturated carbocycles. The molecule has 3 rings (SSSR count). The van der Waals surface area contributed by atoms with E-state index in [-0.39, 0.29) is 0 Å². The second-order valence-electron chi connectivity index (χ2n) is 4.73. The summed E-state index contributed by atoms with van der Waals surface area (Å²) in [6.07, 6.45) is 9.58. The molecular weight excluding hydrogens is 222 g/mol. The van der Waals surface area contributed by atoms with Crippen LogP contribution in [0.3, 0.4) is 0 Å². The van der Waals surface area contributed by atoms with Gasteiger partial charge in [-0.2, -0.15) is 0 Å². The van der Waals surface area contributed by atoms with Gasteiger partial charge in [-0.1, -0.05) is 30.4 Å². The van der Waals surface area contributed by atoms with E-state index in [9.17, 15) is 0 Å². The molecule has 92 valence electrons. The fourth-order valence-electron chi connectivity index (χ4n) is 2.45. The summed E-state index contributed by atoms with van der Waals surface area (Å²) in [4.78, 5) is 4.36. The minimum Gasteiger partial charge on any atom is -0.396 e. The van der Waals surface area contributed by atoms with Gasteiger partial charge in [0.15, 0.2) is 0 Å². The van der Waals surface area contributed by atoms with Crippen molar-refractivity contribution >= 4 is 22.3 Å². The van der Waals surface area contributed by atoms with Crippen LogP contribution in [0.15, 0.2) is 42.6 Å². The summed E-state index contributed by atoms with van der Waals surface area (Å²) in [7, 11) is 0. The van der Waals surface area contributed by atoms with Crippen LogP contribution in [0.5, 0.6) is 0 Å². The number of pyridine rings is 1. The topological polar surface area (TPSA) is 50.9 Å². The van der Waals surface area contributed by atoms with Crippen molar-refractivity contribution in [1.29, 1.82) is 0 Å². The summed E-state index contributed by atoms with van der Waals surface area (Å²) in [5.74, 6) is 0. The molecule has 3 heteroatoms. The lowest BCUT2D eigenvalue weighted by atomic mass is 10.0. The van der Waals surface area contributed by atoms with Gasteiger partial charge in [0.25, 0.3) is 0 Å². The molecule has 1 unspecified atom stereocenters. The van der Waals surface area contributed by atoms with Crippen LogP contribution in [-0.4, -0.2) is 11.0 Å². The van der Waals surface area contributed by atoms with E-state index in [1.54, 1.807) is 6.20 Å². The molecule has 0 fully saturated rings. The van der Waals surface area contributed by atoms with Crippen molar-refractivity contribution in [3.63, 3.8) is 0 Å². The third kappa shape index (κ3) is 2.04. The maximum absolute atomic E-state index is 6.06. The van der Waals surface area contributed by atoms with E-state index in [1.165, 1.54) is 0 Å². The number of nitrogens with one attached hydrogen (secondary N) is 1. The molecule has 0 aliphatic heterocycles. The van der Waals surface area contributed by atoms with E-state index in [0.717, 1.165) is 41.5 Å². The molecule has 1 aromatic heterocycles. The first-order valence-electron chi connectivity index (χ1n) is 6.39. The van der Waals surface area contributed by atoms with E-state index < -0.39 is 0 Å². The van der Waals surface area contributed by atoms with Crippen LogP contribution >= 0.6 is 0 Å². The first-order chi connectivity index (χ1) is 8.84. The Bertz CT molecular complexity index is 589. The standard InChI is InChI=1S/C15H17N3/c16-13-10-17-14-9-5-4-8-12(14)15(13)18-11-6-2-1-3-7-11/h1-2,4-5,8-11H,3,6-7,16H2,(H,17,18). The average Bonchev–Trinajstić information content (AvgIpc) is 2.43. The van der Waals surface area contributed by atoms with Crippen LogP contribution in [-0.2, 0) is 0 Å². The van der Waals surface area contributed by atoms with Crippen molar-refractivity contribution in [2.75, 3.05) is 11.1 Å². The van der Waals surface area contributed by atoms with Gasteiger partial charge in [-0.25, -0.2) is 0 Å². The quantitative estimate of drug-likeness (QED) is 0.790. The maximum atomic E-state index is 6.06. The molecule has 18 heavy (non-hydrogen) atoms. The Labute approximate surface area is 107 Å². The molecule has 0 spiro atoms. The number of nitrogens with zero attached hydrogens (tertiary/aromatic N) is 1. The number of benzene rings is 1. The van der Waals surface area contributed by atoms with E-state index >= 15 is 0 Å². The molecule has 1 aliphatic rings. The van der Waals surface area contributed by atoms with Crippen LogP contribution in [0.25, 0.3) is 10.9 Å². The second-order valence-corrected chi connectivity index (χ2v) is 4.73. The number of nitrogens with two attached hydrogens (primary N) is 1. The Morgan fingerprint density at radius 3 is 2.94 bits per heavy atom. The van der Waals surface area contributed by atoms with Gasteiger partial charge in [0.05, 0.1) is 23.1 Å². The summed E-state index contributed by atoms with van der Waals surface area (Å²) in [6, 6.07) is 8.58. The molecule has 0 amide bonds. The van der Waals surface area contributed by atoms with Gasteiger partial charge in [-0.15, -0.1) is 0 Å². The molecule has 0 saturated heterocycles. The minimum absolute atomic E-state index is 0.475. The molecule has 3 nitrogen and oxygen atoms in total. The molecule has 1 atom stereocenters. The van der Waals surface area contributed by atoms with Gasteiger partial charge in [-0.05, 0) is 25.3 Å². The molecular formula is C15H17N3. The lowest BCUT2D eigenvalue weighted by Gasteiger charge is -2.22. The third-order valence-corrected chi connectivity index (χ3v) is 3.42. The van der Waals surface area contributed by atoms with E-state index in [1.807, 2.05) is 18.2 Å². The van der Waals surface area contributed by atoms with Gasteiger partial charge in [0.2, 0.25) is 0 Å². The van der Waals surface area contributed by atoms with Crippen molar-refractivity contribution in [1.82, 2.24) is 4.98 Å². The number of anilines is 2. The third-order valence-electron chi connectivity index (χ3n) is 3.42. The Kier molecular flexibility index (Phi) is 2.89. The number of allylic oxidation sites excluding steroid dienone is 1. The molecule has 3 N–H and O–H groups in total. The smallest absolute Gasteiger partial charge is 0.0743 e. The van der Waals surface area contributed by atoms with Crippen molar-refractivity contribution in [3.8, 4) is 0 Å². The van der Waals surface area contributed by atoms with Crippen LogP contribution in [0.4, 0.5) is 11.4 Å². The van der Waals surface area contributed by atoms with Crippen LogP contribution in [0, 0.1) is 0 Å². The molecule has 1 heterocycles. The zero-order valence-corrected chi connectivity index (χ0v) is 10.3. The first kappa shape index (κ1) is 11.1. The van der Waals surface area contributed by atoms with Crippen molar-refractivity contribution in [3.05, 3.63) is 42.6 Å². The van der Waals surface area contributed by atoms with Crippen LogP contribution < -0.4 is 11.1 Å². The highest BCUT2D eigenvalue weighted by Crippen LogP contribution is 2.29. The van der Waals surface area contributed by atoms with Crippen LogP contribution in [0.1, 0.15) is 19.3 Å². The lowest BCUT2D eigenvalue weighted by Crippen LogP contribution is -2.21. The van der Waals surface area contributed by atoms with Gasteiger partial charge in [0.1, 0.15) is 0 Å². The largest absolute Gasteiger partial charge is 0.396 e. The van der Waals surface area contributed by atoms with E-state index in [2.05, 4.69) is 28.5 Å². The van der Waals surface area contributed by atoms with Gasteiger partial charge < -0.3 is 11.1 Å². The lowest BCUT2D eigenvalue weighted by molar-refractivity contribution is 0.645. The number of hydrogen-bond donors (Lipinski definition) is 2. The summed E-state index contributed by atoms with van der Waals surface area (Å²) in [5.41, 5.74) is 8.80. The number of aromatic nitrogens is 1. The van der Waals surface area contributed by atoms with E-state index in [0.29, 0.717) is 6.04 Å². The number of rotatable bonds is 2. The van der Waals surface area contributed by atoms with Crippen molar-refractivity contribution < 1.29 is 0 Å². The fraction of sp³-hybridized carbons (Fsp3) is 0.267. The summed E-state index contributed by atoms with van der Waals surface area (Å²) in [5, 5.41) is 4.68. The Balaban J connectivity index is 1.99.